The van der Waals surface area contributed by atoms with E-state index < -0.39 is 0 Å². The Morgan fingerprint density at radius 2 is 1.74 bits per heavy atom. The Kier molecular flexibility index (Phi) is 4.80. The second kappa shape index (κ2) is 7.39. The molecule has 4 nitrogen and oxygen atoms in total. The highest BCUT2D eigenvalue weighted by Crippen LogP contribution is 2.27. The van der Waals surface area contributed by atoms with Crippen molar-refractivity contribution in [3.8, 4) is 11.3 Å². The van der Waals surface area contributed by atoms with E-state index in [0.29, 0.717) is 27.9 Å². The maximum Gasteiger partial charge on any atom is 0.255 e. The van der Waals surface area contributed by atoms with Crippen molar-refractivity contribution < 1.29 is 9.21 Å². The molecular formula is C23H23NO3. The highest BCUT2D eigenvalue weighted by atomic mass is 16.3. The number of hydrogen-bond acceptors (Lipinski definition) is 3. The summed E-state index contributed by atoms with van der Waals surface area (Å²) < 4.78 is 6.14. The lowest BCUT2D eigenvalue weighted by molar-refractivity contribution is 0.0928. The van der Waals surface area contributed by atoms with Gasteiger partial charge in [0.25, 0.3) is 5.91 Å². The van der Waals surface area contributed by atoms with E-state index in [9.17, 15) is 9.59 Å². The van der Waals surface area contributed by atoms with E-state index >= 15 is 0 Å². The number of hydrogen-bond donors (Lipinski definition) is 1. The van der Waals surface area contributed by atoms with E-state index in [-0.39, 0.29) is 17.4 Å². The molecule has 0 atom stereocenters. The molecule has 1 aliphatic rings. The standard InChI is InChI=1S/C23H23NO3/c1-15-20(25)18-13-8-14-19(23(26)24-17-11-6-3-7-12-17)22(18)27-21(15)16-9-4-2-5-10-16/h2,4-5,8-10,13-14,17H,3,6-7,11-12H2,1H3,(H,24,26). The van der Waals surface area contributed by atoms with E-state index in [1.807, 2.05) is 30.3 Å². The Morgan fingerprint density at radius 1 is 1.00 bits per heavy atom. The minimum absolute atomic E-state index is 0.0950. The second-order valence-corrected chi connectivity index (χ2v) is 7.24. The predicted molar refractivity (Wildman–Crippen MR) is 107 cm³/mol. The first kappa shape index (κ1) is 17.5. The SMILES string of the molecule is Cc1c(-c2ccccc2)oc2c(C(=O)NC3CCCCC3)cccc2c1=O. The third kappa shape index (κ3) is 3.39. The van der Waals surface area contributed by atoms with Crippen LogP contribution in [0.3, 0.4) is 0 Å². The lowest BCUT2D eigenvalue weighted by atomic mass is 9.95. The summed E-state index contributed by atoms with van der Waals surface area (Å²) in [6.45, 7) is 1.77. The van der Waals surface area contributed by atoms with Crippen LogP contribution in [0.1, 0.15) is 48.0 Å². The number of amides is 1. The van der Waals surface area contributed by atoms with Crippen molar-refractivity contribution in [1.82, 2.24) is 5.32 Å². The van der Waals surface area contributed by atoms with Gasteiger partial charge in [-0.15, -0.1) is 0 Å². The molecule has 3 aromatic rings. The Bertz CT molecular complexity index is 1030. The molecule has 1 heterocycles. The van der Waals surface area contributed by atoms with E-state index in [4.69, 9.17) is 4.42 Å². The Labute approximate surface area is 158 Å². The average Bonchev–Trinajstić information content (AvgIpc) is 2.71. The van der Waals surface area contributed by atoms with Gasteiger partial charge in [-0.3, -0.25) is 9.59 Å². The van der Waals surface area contributed by atoms with Crippen LogP contribution in [0.5, 0.6) is 0 Å². The molecule has 1 aliphatic carbocycles. The van der Waals surface area contributed by atoms with Crippen molar-refractivity contribution in [2.24, 2.45) is 0 Å². The zero-order chi connectivity index (χ0) is 18.8. The zero-order valence-corrected chi connectivity index (χ0v) is 15.5. The number of fused-ring (bicyclic) bond motifs is 1. The Hall–Kier alpha value is -2.88. The smallest absolute Gasteiger partial charge is 0.255 e. The fraction of sp³-hybridized carbons (Fsp3) is 0.304. The van der Waals surface area contributed by atoms with Crippen LogP contribution in [0.2, 0.25) is 0 Å². The summed E-state index contributed by atoms with van der Waals surface area (Å²) in [5.41, 5.74) is 2.07. The third-order valence-corrected chi connectivity index (χ3v) is 5.37. The number of para-hydroxylation sites is 1. The number of rotatable bonds is 3. The summed E-state index contributed by atoms with van der Waals surface area (Å²) >= 11 is 0. The largest absolute Gasteiger partial charge is 0.455 e. The van der Waals surface area contributed by atoms with Gasteiger partial charge in [0.1, 0.15) is 5.76 Å². The van der Waals surface area contributed by atoms with Crippen LogP contribution in [0, 0.1) is 6.92 Å². The molecule has 138 valence electrons. The van der Waals surface area contributed by atoms with E-state index in [1.165, 1.54) is 6.42 Å². The van der Waals surface area contributed by atoms with Gasteiger partial charge in [0.05, 0.1) is 10.9 Å². The Balaban J connectivity index is 1.81. The number of benzene rings is 2. The van der Waals surface area contributed by atoms with Gasteiger partial charge in [-0.1, -0.05) is 55.7 Å². The molecular weight excluding hydrogens is 338 g/mol. The maximum absolute atomic E-state index is 12.9. The minimum atomic E-state index is -0.168. The van der Waals surface area contributed by atoms with E-state index in [1.54, 1.807) is 25.1 Å². The average molecular weight is 361 g/mol. The van der Waals surface area contributed by atoms with E-state index in [2.05, 4.69) is 5.32 Å². The topological polar surface area (TPSA) is 59.3 Å². The molecule has 2 aromatic carbocycles. The van der Waals surface area contributed by atoms with Crippen LogP contribution >= 0.6 is 0 Å². The maximum atomic E-state index is 12.9. The number of carbonyl (C=O) groups is 1. The monoisotopic (exact) mass is 361 g/mol. The normalized spacial score (nSPS) is 15.0. The number of carbonyl (C=O) groups excluding carboxylic acids is 1. The molecule has 27 heavy (non-hydrogen) atoms. The molecule has 0 unspecified atom stereocenters. The summed E-state index contributed by atoms with van der Waals surface area (Å²) in [5, 5.41) is 3.57. The number of nitrogens with one attached hydrogen (secondary N) is 1. The molecule has 0 spiro atoms. The summed E-state index contributed by atoms with van der Waals surface area (Å²) in [5.74, 6) is 0.351. The molecule has 1 amide bonds. The fourth-order valence-corrected chi connectivity index (χ4v) is 3.86. The van der Waals surface area contributed by atoms with Gasteiger partial charge in [0.2, 0.25) is 0 Å². The highest BCUT2D eigenvalue weighted by Gasteiger charge is 2.21. The van der Waals surface area contributed by atoms with Gasteiger partial charge in [0, 0.05) is 17.2 Å². The van der Waals surface area contributed by atoms with Crippen LogP contribution in [0.15, 0.2) is 57.7 Å². The van der Waals surface area contributed by atoms with Crippen molar-refractivity contribution in [2.75, 3.05) is 0 Å². The molecule has 0 radical (unpaired) electrons. The first-order chi connectivity index (χ1) is 13.1. The Morgan fingerprint density at radius 3 is 2.48 bits per heavy atom. The van der Waals surface area contributed by atoms with Crippen molar-refractivity contribution >= 4 is 16.9 Å². The van der Waals surface area contributed by atoms with Crippen LogP contribution in [-0.4, -0.2) is 11.9 Å². The summed E-state index contributed by atoms with van der Waals surface area (Å²) in [4.78, 5) is 25.8. The first-order valence-corrected chi connectivity index (χ1v) is 9.58. The van der Waals surface area contributed by atoms with Crippen LogP contribution in [0.4, 0.5) is 0 Å². The second-order valence-electron chi connectivity index (χ2n) is 7.24. The summed E-state index contributed by atoms with van der Waals surface area (Å²) in [6, 6.07) is 14.9. The van der Waals surface area contributed by atoms with Crippen LogP contribution in [0.25, 0.3) is 22.3 Å². The molecule has 0 bridgehead atoms. The minimum Gasteiger partial charge on any atom is -0.455 e. The van der Waals surface area contributed by atoms with Crippen LogP contribution < -0.4 is 10.7 Å². The van der Waals surface area contributed by atoms with Crippen molar-refractivity contribution in [1.29, 1.82) is 0 Å². The van der Waals surface area contributed by atoms with Crippen molar-refractivity contribution in [2.45, 2.75) is 45.1 Å². The molecule has 4 rings (SSSR count). The van der Waals surface area contributed by atoms with Crippen LogP contribution in [-0.2, 0) is 0 Å². The summed E-state index contributed by atoms with van der Waals surface area (Å²) in [7, 11) is 0. The molecule has 1 saturated carbocycles. The van der Waals surface area contributed by atoms with Crippen molar-refractivity contribution in [3.05, 3.63) is 69.9 Å². The van der Waals surface area contributed by atoms with Gasteiger partial charge in [-0.2, -0.15) is 0 Å². The first-order valence-electron chi connectivity index (χ1n) is 9.58. The van der Waals surface area contributed by atoms with Gasteiger partial charge in [-0.05, 0) is 31.9 Å². The molecule has 4 heteroatoms. The third-order valence-electron chi connectivity index (χ3n) is 5.37. The molecule has 1 aromatic heterocycles. The highest BCUT2D eigenvalue weighted by molar-refractivity contribution is 6.05. The van der Waals surface area contributed by atoms with Gasteiger partial charge in [0.15, 0.2) is 11.0 Å². The molecule has 0 aliphatic heterocycles. The van der Waals surface area contributed by atoms with Gasteiger partial charge in [-0.25, -0.2) is 0 Å². The van der Waals surface area contributed by atoms with Gasteiger partial charge >= 0.3 is 0 Å². The molecule has 1 N–H and O–H groups in total. The lowest BCUT2D eigenvalue weighted by Gasteiger charge is -2.23. The fourth-order valence-electron chi connectivity index (χ4n) is 3.86. The van der Waals surface area contributed by atoms with Crippen molar-refractivity contribution in [3.63, 3.8) is 0 Å². The lowest BCUT2D eigenvalue weighted by Crippen LogP contribution is -2.36. The zero-order valence-electron chi connectivity index (χ0n) is 15.5. The molecule has 1 fully saturated rings. The summed E-state index contributed by atoms with van der Waals surface area (Å²) in [6.07, 6.45) is 5.54. The van der Waals surface area contributed by atoms with Gasteiger partial charge < -0.3 is 9.73 Å². The molecule has 0 saturated heterocycles. The van der Waals surface area contributed by atoms with E-state index in [0.717, 1.165) is 31.2 Å². The quantitative estimate of drug-likeness (QED) is 0.727. The predicted octanol–water partition coefficient (Wildman–Crippen LogP) is 4.83.